The smallest absolute Gasteiger partial charge is 0.239 e. The van der Waals surface area contributed by atoms with Gasteiger partial charge in [-0.1, -0.05) is 87.5 Å². The van der Waals surface area contributed by atoms with Crippen molar-refractivity contribution in [3.05, 3.63) is 126 Å². The van der Waals surface area contributed by atoms with E-state index < -0.39 is 0 Å². The SMILES string of the molecule is CCC(/C=C/c1cc(-c2ccccc2)[s+]c(-c2ccccc2)c1)=C1\N(C)c2ccccc2C1(C)C. The third kappa shape index (κ3) is 4.47. The third-order valence-electron chi connectivity index (χ3n) is 6.96. The maximum absolute atomic E-state index is 2.39. The summed E-state index contributed by atoms with van der Waals surface area (Å²) in [4.78, 5) is 4.95. The lowest BCUT2D eigenvalue weighted by atomic mass is 9.81. The average Bonchev–Trinajstić information content (AvgIpc) is 3.11. The lowest BCUT2D eigenvalue weighted by molar-refractivity contribution is 0.631. The Hall–Kier alpha value is -3.49. The highest BCUT2D eigenvalue weighted by molar-refractivity contribution is 7.18. The number of hydrogen-bond donors (Lipinski definition) is 0. The number of hydrogen-bond acceptors (Lipinski definition) is 1. The van der Waals surface area contributed by atoms with Crippen LogP contribution in [0.25, 0.3) is 27.0 Å². The monoisotopic (exact) mass is 474 g/mol. The topological polar surface area (TPSA) is 3.24 Å². The second kappa shape index (κ2) is 9.64. The van der Waals surface area contributed by atoms with Gasteiger partial charge in [-0.2, -0.15) is 0 Å². The number of anilines is 1. The molecule has 1 aromatic heterocycles. The van der Waals surface area contributed by atoms with Crippen LogP contribution in [0.2, 0.25) is 0 Å². The first kappa shape index (κ1) is 23.3. The Kier molecular flexibility index (Phi) is 6.40. The van der Waals surface area contributed by atoms with E-state index in [2.05, 4.69) is 142 Å². The van der Waals surface area contributed by atoms with Gasteiger partial charge in [0.05, 0.1) is 0 Å². The summed E-state index contributed by atoms with van der Waals surface area (Å²) in [6, 6.07) is 34.8. The van der Waals surface area contributed by atoms with Crippen LogP contribution in [0.5, 0.6) is 0 Å². The van der Waals surface area contributed by atoms with Gasteiger partial charge in [-0.15, -0.1) is 0 Å². The molecular formula is C33H32NS+. The summed E-state index contributed by atoms with van der Waals surface area (Å²) in [5, 5.41) is 0. The highest BCUT2D eigenvalue weighted by atomic mass is 32.1. The number of rotatable bonds is 5. The van der Waals surface area contributed by atoms with E-state index in [1.807, 2.05) is 11.3 Å². The van der Waals surface area contributed by atoms with Gasteiger partial charge in [0, 0.05) is 47.1 Å². The minimum atomic E-state index is -0.0236. The van der Waals surface area contributed by atoms with Crippen LogP contribution >= 0.6 is 11.3 Å². The fourth-order valence-corrected chi connectivity index (χ4v) is 6.38. The molecule has 0 fully saturated rings. The maximum Gasteiger partial charge on any atom is 0.239 e. The van der Waals surface area contributed by atoms with Crippen LogP contribution in [-0.2, 0) is 5.41 Å². The summed E-state index contributed by atoms with van der Waals surface area (Å²) in [5.41, 5.74) is 9.19. The molecule has 0 saturated carbocycles. The standard InChI is InChI=1S/C33H32NS/c1-5-25(32-33(2,3)28-18-12-13-19-29(28)34(32)4)21-20-24-22-30(26-14-8-6-9-15-26)35-31(23-24)27-16-10-7-11-17-27/h6-23H,5H2,1-4H3/q+1/b21-20+,32-25+. The normalized spacial score (nSPS) is 15.9. The van der Waals surface area contributed by atoms with Gasteiger partial charge in [0.15, 0.2) is 0 Å². The summed E-state index contributed by atoms with van der Waals surface area (Å²) in [6.07, 6.45) is 5.62. The molecule has 174 valence electrons. The molecule has 0 N–H and O–H groups in total. The van der Waals surface area contributed by atoms with Gasteiger partial charge >= 0.3 is 0 Å². The zero-order chi connectivity index (χ0) is 24.4. The fourth-order valence-electron chi connectivity index (χ4n) is 5.25. The van der Waals surface area contributed by atoms with Crippen molar-refractivity contribution in [2.24, 2.45) is 0 Å². The molecule has 1 aliphatic heterocycles. The van der Waals surface area contributed by atoms with Gasteiger partial charge < -0.3 is 4.90 Å². The van der Waals surface area contributed by atoms with Crippen molar-refractivity contribution in [3.63, 3.8) is 0 Å². The van der Waals surface area contributed by atoms with Crippen LogP contribution in [0.15, 0.2) is 114 Å². The van der Waals surface area contributed by atoms with Crippen LogP contribution in [0.1, 0.15) is 38.3 Å². The molecule has 1 nitrogen and oxygen atoms in total. The Morgan fingerprint density at radius 1 is 0.800 bits per heavy atom. The van der Waals surface area contributed by atoms with Crippen LogP contribution in [-0.4, -0.2) is 7.05 Å². The van der Waals surface area contributed by atoms with Crippen molar-refractivity contribution in [2.45, 2.75) is 32.6 Å². The number of para-hydroxylation sites is 1. The second-order valence-electron chi connectivity index (χ2n) is 9.61. The summed E-state index contributed by atoms with van der Waals surface area (Å²) < 4.78 is 0. The lowest BCUT2D eigenvalue weighted by Crippen LogP contribution is -2.24. The van der Waals surface area contributed by atoms with Crippen molar-refractivity contribution in [3.8, 4) is 20.9 Å². The summed E-state index contributed by atoms with van der Waals surface area (Å²) in [6.45, 7) is 6.95. The predicted octanol–water partition coefficient (Wildman–Crippen LogP) is 9.47. The first-order chi connectivity index (χ1) is 17.0. The van der Waals surface area contributed by atoms with Gasteiger partial charge in [0.1, 0.15) is 0 Å². The molecule has 0 saturated heterocycles. The third-order valence-corrected chi connectivity index (χ3v) is 8.11. The van der Waals surface area contributed by atoms with Crippen molar-refractivity contribution >= 4 is 23.1 Å². The molecule has 0 amide bonds. The number of nitrogens with zero attached hydrogens (tertiary/aromatic N) is 1. The van der Waals surface area contributed by atoms with Crippen molar-refractivity contribution in [1.29, 1.82) is 0 Å². The summed E-state index contributed by atoms with van der Waals surface area (Å²) in [7, 11) is 2.21. The van der Waals surface area contributed by atoms with E-state index in [0.717, 1.165) is 6.42 Å². The highest BCUT2D eigenvalue weighted by Gasteiger charge is 2.39. The molecule has 3 aromatic carbocycles. The summed E-state index contributed by atoms with van der Waals surface area (Å²) in [5.74, 6) is 0. The van der Waals surface area contributed by atoms with E-state index >= 15 is 0 Å². The quantitative estimate of drug-likeness (QED) is 0.260. The van der Waals surface area contributed by atoms with Gasteiger partial charge in [-0.05, 0) is 53.5 Å². The Labute approximate surface area is 213 Å². The van der Waals surface area contributed by atoms with Gasteiger partial charge in [0.2, 0.25) is 21.1 Å². The van der Waals surface area contributed by atoms with Crippen LogP contribution in [0.3, 0.4) is 0 Å². The zero-order valence-electron chi connectivity index (χ0n) is 21.0. The molecule has 0 atom stereocenters. The van der Waals surface area contributed by atoms with Crippen LogP contribution < -0.4 is 4.90 Å². The van der Waals surface area contributed by atoms with Crippen molar-refractivity contribution in [2.75, 3.05) is 11.9 Å². The van der Waals surface area contributed by atoms with Crippen molar-refractivity contribution in [1.82, 2.24) is 0 Å². The molecule has 0 aliphatic carbocycles. The first-order valence-electron chi connectivity index (χ1n) is 12.3. The maximum atomic E-state index is 2.39. The summed E-state index contributed by atoms with van der Waals surface area (Å²) >= 11 is 1.85. The lowest BCUT2D eigenvalue weighted by Gasteiger charge is -2.27. The minimum Gasteiger partial charge on any atom is -0.347 e. The first-order valence-corrected chi connectivity index (χ1v) is 13.1. The molecule has 0 bridgehead atoms. The molecular weight excluding hydrogens is 442 g/mol. The molecule has 35 heavy (non-hydrogen) atoms. The largest absolute Gasteiger partial charge is 0.347 e. The van der Waals surface area contributed by atoms with E-state index in [-0.39, 0.29) is 5.41 Å². The van der Waals surface area contributed by atoms with E-state index in [1.54, 1.807) is 0 Å². The molecule has 0 spiro atoms. The van der Waals surface area contributed by atoms with Gasteiger partial charge in [-0.25, -0.2) is 0 Å². The molecule has 4 aromatic rings. The molecule has 2 heterocycles. The zero-order valence-corrected chi connectivity index (χ0v) is 21.8. The Balaban J connectivity index is 1.60. The van der Waals surface area contributed by atoms with E-state index in [1.165, 1.54) is 49.0 Å². The van der Waals surface area contributed by atoms with Crippen LogP contribution in [0.4, 0.5) is 5.69 Å². The Morgan fingerprint density at radius 2 is 1.34 bits per heavy atom. The minimum absolute atomic E-state index is 0.0236. The van der Waals surface area contributed by atoms with E-state index in [0.29, 0.717) is 0 Å². The fraction of sp³-hybridized carbons (Fsp3) is 0.182. The number of likely N-dealkylation sites (N-methyl/N-ethyl adjacent to an activating group) is 1. The molecule has 1 aliphatic rings. The van der Waals surface area contributed by atoms with Crippen molar-refractivity contribution < 1.29 is 0 Å². The number of benzene rings is 3. The molecule has 5 rings (SSSR count). The highest BCUT2D eigenvalue weighted by Crippen LogP contribution is 2.48. The van der Waals surface area contributed by atoms with Crippen LogP contribution in [0, 0.1) is 0 Å². The van der Waals surface area contributed by atoms with E-state index in [9.17, 15) is 0 Å². The molecule has 0 unspecified atom stereocenters. The average molecular weight is 475 g/mol. The Bertz CT molecular complexity index is 1340. The number of fused-ring (bicyclic) bond motifs is 1. The van der Waals surface area contributed by atoms with Gasteiger partial charge in [0.25, 0.3) is 0 Å². The van der Waals surface area contributed by atoms with Gasteiger partial charge in [-0.3, -0.25) is 0 Å². The second-order valence-corrected chi connectivity index (χ2v) is 10.7. The number of allylic oxidation sites excluding steroid dienone is 3. The Morgan fingerprint density at radius 3 is 1.89 bits per heavy atom. The van der Waals surface area contributed by atoms with E-state index in [4.69, 9.17) is 0 Å². The predicted molar refractivity (Wildman–Crippen MR) is 154 cm³/mol. The molecule has 2 heteroatoms. The molecule has 0 radical (unpaired) electrons.